The fourth-order valence-electron chi connectivity index (χ4n) is 6.27. The van der Waals surface area contributed by atoms with Gasteiger partial charge >= 0.3 is 17.9 Å². The average molecular weight is 634 g/mol. The summed E-state index contributed by atoms with van der Waals surface area (Å²) in [6.07, 6.45) is -3.20. The van der Waals surface area contributed by atoms with Crippen molar-refractivity contribution in [3.63, 3.8) is 0 Å². The number of rotatable bonds is 8. The molecule has 0 amide bonds. The molecule has 2 fully saturated rings. The first-order chi connectivity index (χ1) is 21.5. The lowest BCUT2D eigenvalue weighted by Crippen LogP contribution is -2.60. The van der Waals surface area contributed by atoms with Gasteiger partial charge in [-0.05, 0) is 36.6 Å². The van der Waals surface area contributed by atoms with Crippen molar-refractivity contribution in [2.45, 2.75) is 57.6 Å². The second-order valence-electron chi connectivity index (χ2n) is 11.6. The van der Waals surface area contributed by atoms with Gasteiger partial charge < -0.3 is 24.2 Å². The Labute approximate surface area is 263 Å². The third kappa shape index (κ3) is 5.48. The molecule has 5 atom stereocenters. The molecule has 6 rings (SSSR count). The second-order valence-corrected chi connectivity index (χ2v) is 11.9. The van der Waals surface area contributed by atoms with Gasteiger partial charge in [0.1, 0.15) is 6.10 Å². The van der Waals surface area contributed by atoms with E-state index in [0.717, 1.165) is 0 Å². The molecular weight excluding hydrogens is 602 g/mol. The van der Waals surface area contributed by atoms with Gasteiger partial charge in [-0.15, -0.1) is 0 Å². The maximum atomic E-state index is 12.2. The van der Waals surface area contributed by atoms with Gasteiger partial charge in [-0.3, -0.25) is 19.0 Å². The molecule has 45 heavy (non-hydrogen) atoms. The number of aromatic nitrogens is 4. The predicted molar refractivity (Wildman–Crippen MR) is 163 cm³/mol. The second kappa shape index (κ2) is 11.8. The van der Waals surface area contributed by atoms with Crippen LogP contribution in [0.5, 0.6) is 0 Å². The van der Waals surface area contributed by atoms with E-state index in [1.54, 1.807) is 0 Å². The molecule has 2 aromatic heterocycles. The van der Waals surface area contributed by atoms with E-state index in [-0.39, 0.29) is 16.3 Å². The van der Waals surface area contributed by atoms with E-state index in [0.29, 0.717) is 24.4 Å². The summed E-state index contributed by atoms with van der Waals surface area (Å²) in [7, 11) is 0. The van der Waals surface area contributed by atoms with Gasteiger partial charge in [0.15, 0.2) is 35.4 Å². The quantitative estimate of drug-likeness (QED) is 0.221. The fraction of sp³-hybridized carbons (Fsp3) is 0.375. The van der Waals surface area contributed by atoms with Crippen LogP contribution in [-0.2, 0) is 34.0 Å². The molecular formula is C32H32ClN5O7. The van der Waals surface area contributed by atoms with Crippen LogP contribution in [0, 0.1) is 12.8 Å². The number of hydrogen-bond acceptors (Lipinski definition) is 10. The van der Waals surface area contributed by atoms with Crippen molar-refractivity contribution in [1.82, 2.24) is 19.5 Å². The SMILES string of the molecule is CC(=O)O[C@@H]1[C@H](OC(C)=O)[C@@H](C(C)C(=O)O)O[C@H]1n1cnc2c(N3CC(c4ccccc4)(c4ccc(C)cc4)C3)nc(Cl)nc21. The first-order valence-corrected chi connectivity index (χ1v) is 14.9. The lowest BCUT2D eigenvalue weighted by atomic mass is 9.68. The molecule has 4 aromatic rings. The predicted octanol–water partition coefficient (Wildman–Crippen LogP) is 4.08. The zero-order valence-electron chi connectivity index (χ0n) is 25.1. The highest BCUT2D eigenvalue weighted by atomic mass is 35.5. The van der Waals surface area contributed by atoms with Crippen LogP contribution >= 0.6 is 11.6 Å². The number of anilines is 1. The van der Waals surface area contributed by atoms with Crippen molar-refractivity contribution in [3.05, 3.63) is 82.9 Å². The molecule has 2 saturated heterocycles. The maximum absolute atomic E-state index is 12.2. The molecule has 13 heteroatoms. The van der Waals surface area contributed by atoms with Crippen molar-refractivity contribution in [3.8, 4) is 0 Å². The minimum absolute atomic E-state index is 0.0409. The van der Waals surface area contributed by atoms with Crippen LogP contribution in [-0.4, -0.2) is 73.9 Å². The third-order valence-corrected chi connectivity index (χ3v) is 8.68. The van der Waals surface area contributed by atoms with Gasteiger partial charge in [-0.2, -0.15) is 9.97 Å². The van der Waals surface area contributed by atoms with E-state index in [1.165, 1.54) is 48.4 Å². The number of benzene rings is 2. The lowest BCUT2D eigenvalue weighted by molar-refractivity contribution is -0.166. The number of fused-ring (bicyclic) bond motifs is 1. The van der Waals surface area contributed by atoms with Crippen molar-refractivity contribution in [2.24, 2.45) is 5.92 Å². The summed E-state index contributed by atoms with van der Waals surface area (Å²) in [6, 6.07) is 18.8. The summed E-state index contributed by atoms with van der Waals surface area (Å²) < 4.78 is 18.7. The summed E-state index contributed by atoms with van der Waals surface area (Å²) in [4.78, 5) is 51.8. The van der Waals surface area contributed by atoms with Crippen molar-refractivity contribution < 1.29 is 33.7 Å². The smallest absolute Gasteiger partial charge is 0.309 e. The van der Waals surface area contributed by atoms with Gasteiger partial charge in [0.2, 0.25) is 5.28 Å². The van der Waals surface area contributed by atoms with E-state index in [4.69, 9.17) is 25.8 Å². The minimum atomic E-state index is -1.20. The zero-order valence-corrected chi connectivity index (χ0v) is 25.8. The molecule has 0 aliphatic carbocycles. The Bertz CT molecular complexity index is 1760. The Morgan fingerprint density at radius 2 is 1.60 bits per heavy atom. The molecule has 1 unspecified atom stereocenters. The van der Waals surface area contributed by atoms with Gasteiger partial charge in [-0.1, -0.05) is 60.2 Å². The maximum Gasteiger partial charge on any atom is 0.309 e. The van der Waals surface area contributed by atoms with E-state index >= 15 is 0 Å². The molecule has 4 heterocycles. The van der Waals surface area contributed by atoms with Gasteiger partial charge in [-0.25, -0.2) is 4.98 Å². The van der Waals surface area contributed by atoms with E-state index in [9.17, 15) is 19.5 Å². The lowest BCUT2D eigenvalue weighted by Gasteiger charge is -2.51. The summed E-state index contributed by atoms with van der Waals surface area (Å²) in [5.41, 5.74) is 3.93. The third-order valence-electron chi connectivity index (χ3n) is 8.51. The number of halogens is 1. The van der Waals surface area contributed by atoms with Gasteiger partial charge in [0.05, 0.1) is 17.7 Å². The fourth-order valence-corrected chi connectivity index (χ4v) is 6.43. The number of ether oxygens (including phenoxy) is 3. The van der Waals surface area contributed by atoms with E-state index in [1.807, 2.05) is 18.2 Å². The number of esters is 2. The molecule has 234 valence electrons. The highest BCUT2D eigenvalue weighted by Gasteiger charge is 2.54. The summed E-state index contributed by atoms with van der Waals surface area (Å²) in [5, 5.41) is 9.71. The van der Waals surface area contributed by atoms with Gasteiger partial charge in [0.25, 0.3) is 0 Å². The standard InChI is InChI=1S/C32H32ClN5O7/c1-17-10-12-22(13-11-17)32(21-8-6-5-7-9-21)14-37(15-32)27-23-28(36-31(33)35-27)38(16-34-23)29-26(44-20(4)40)25(43-19(3)39)24(45-29)18(2)30(41)42/h5-13,16,18,24-26,29H,14-15H2,1-4H3,(H,41,42)/t18?,24-,25-,26-,29-/m1/s1. The number of hydrogen-bond donors (Lipinski definition) is 1. The van der Waals surface area contributed by atoms with E-state index < -0.39 is 48.4 Å². The number of carboxylic acids is 1. The number of aliphatic carboxylic acids is 1. The molecule has 0 bridgehead atoms. The highest BCUT2D eigenvalue weighted by molar-refractivity contribution is 6.28. The van der Waals surface area contributed by atoms with Crippen LogP contribution < -0.4 is 4.90 Å². The van der Waals surface area contributed by atoms with Gasteiger partial charge in [0, 0.05) is 26.9 Å². The van der Waals surface area contributed by atoms with Crippen LogP contribution in [0.1, 0.15) is 43.7 Å². The Morgan fingerprint density at radius 1 is 0.978 bits per heavy atom. The molecule has 0 radical (unpaired) electrons. The molecule has 2 aliphatic rings. The van der Waals surface area contributed by atoms with Crippen LogP contribution in [0.3, 0.4) is 0 Å². The van der Waals surface area contributed by atoms with E-state index in [2.05, 4.69) is 63.2 Å². The molecule has 12 nitrogen and oxygen atoms in total. The number of carbonyl (C=O) groups is 3. The highest BCUT2D eigenvalue weighted by Crippen LogP contribution is 2.45. The first-order valence-electron chi connectivity index (χ1n) is 14.5. The summed E-state index contributed by atoms with van der Waals surface area (Å²) >= 11 is 6.48. The molecule has 0 spiro atoms. The monoisotopic (exact) mass is 633 g/mol. The van der Waals surface area contributed by atoms with Crippen LogP contribution in [0.4, 0.5) is 5.82 Å². The molecule has 2 aromatic carbocycles. The Balaban J connectivity index is 1.39. The molecule has 0 saturated carbocycles. The topological polar surface area (TPSA) is 146 Å². The van der Waals surface area contributed by atoms with Crippen LogP contribution in [0.2, 0.25) is 5.28 Å². The number of nitrogens with zero attached hydrogens (tertiary/aromatic N) is 5. The molecule has 1 N–H and O–H groups in total. The molecule has 2 aliphatic heterocycles. The normalized spacial score (nSPS) is 22.9. The number of carbonyl (C=O) groups excluding carboxylic acids is 2. The summed E-state index contributed by atoms with van der Waals surface area (Å²) in [6.45, 7) is 7.07. The van der Waals surface area contributed by atoms with Crippen molar-refractivity contribution in [2.75, 3.05) is 18.0 Å². The Hall–Kier alpha value is -4.55. The van der Waals surface area contributed by atoms with Crippen LogP contribution in [0.25, 0.3) is 11.2 Å². The largest absolute Gasteiger partial charge is 0.481 e. The van der Waals surface area contributed by atoms with Crippen LogP contribution in [0.15, 0.2) is 60.9 Å². The Kier molecular flexibility index (Phi) is 7.96. The summed E-state index contributed by atoms with van der Waals surface area (Å²) in [5.74, 6) is -3.11. The minimum Gasteiger partial charge on any atom is -0.481 e. The van der Waals surface area contributed by atoms with Crippen molar-refractivity contribution in [1.29, 1.82) is 0 Å². The number of aryl methyl sites for hydroxylation is 1. The zero-order chi connectivity index (χ0) is 32.0. The first kappa shape index (κ1) is 30.5. The Morgan fingerprint density at radius 3 is 2.22 bits per heavy atom. The average Bonchev–Trinajstić information content (AvgIpc) is 3.54. The van der Waals surface area contributed by atoms with Crippen molar-refractivity contribution >= 4 is 46.5 Å². The number of imidazole rings is 1. The number of carboxylic acid groups (broad SMARTS) is 1.